The first kappa shape index (κ1) is 18.3. The van der Waals surface area contributed by atoms with Crippen LogP contribution in [-0.4, -0.2) is 68.2 Å². The molecule has 0 aromatic heterocycles. The van der Waals surface area contributed by atoms with Crippen molar-refractivity contribution in [2.24, 2.45) is 10.9 Å². The highest BCUT2D eigenvalue weighted by molar-refractivity contribution is 14.0. The predicted octanol–water partition coefficient (Wildman–Crippen LogP) is 1.75. The van der Waals surface area contributed by atoms with Crippen LogP contribution in [0.5, 0.6) is 0 Å². The van der Waals surface area contributed by atoms with E-state index in [1.54, 1.807) is 4.90 Å². The predicted molar refractivity (Wildman–Crippen MR) is 94.3 cm³/mol. The molecule has 0 spiro atoms. The summed E-state index contributed by atoms with van der Waals surface area (Å²) in [5.74, 6) is 1.88. The third-order valence-corrected chi connectivity index (χ3v) is 3.85. The van der Waals surface area contributed by atoms with Gasteiger partial charge in [0.1, 0.15) is 0 Å². The number of nitrogens with zero attached hydrogens (tertiary/aromatic N) is 3. The molecule has 122 valence electrons. The van der Waals surface area contributed by atoms with Gasteiger partial charge in [-0.05, 0) is 19.3 Å². The number of ether oxygens (including phenoxy) is 1. The van der Waals surface area contributed by atoms with Crippen LogP contribution in [0.4, 0.5) is 4.79 Å². The highest BCUT2D eigenvalue weighted by Crippen LogP contribution is 2.31. The monoisotopic (exact) mass is 410 g/mol. The lowest BCUT2D eigenvalue weighted by atomic mass is 10.3. The molecule has 1 aliphatic carbocycles. The van der Waals surface area contributed by atoms with Gasteiger partial charge in [0.2, 0.25) is 0 Å². The second-order valence-corrected chi connectivity index (χ2v) is 5.38. The number of guanidine groups is 1. The SMILES string of the molecule is CCOC(=O)N1CCN(C(=NC)NCCC2CC2)CC1.I. The van der Waals surface area contributed by atoms with Crippen molar-refractivity contribution < 1.29 is 9.53 Å². The van der Waals surface area contributed by atoms with Crippen molar-refractivity contribution in [2.75, 3.05) is 46.4 Å². The van der Waals surface area contributed by atoms with Crippen molar-refractivity contribution in [1.82, 2.24) is 15.1 Å². The smallest absolute Gasteiger partial charge is 0.409 e. The molecule has 1 amide bonds. The molecular formula is C14H27IN4O2. The number of carbonyl (C=O) groups is 1. The van der Waals surface area contributed by atoms with Crippen molar-refractivity contribution in [1.29, 1.82) is 0 Å². The van der Waals surface area contributed by atoms with Crippen LogP contribution >= 0.6 is 24.0 Å². The number of amides is 1. The molecule has 21 heavy (non-hydrogen) atoms. The Labute approximate surface area is 144 Å². The van der Waals surface area contributed by atoms with Gasteiger partial charge in [0.15, 0.2) is 5.96 Å². The largest absolute Gasteiger partial charge is 0.450 e. The maximum Gasteiger partial charge on any atom is 0.409 e. The summed E-state index contributed by atoms with van der Waals surface area (Å²) in [5, 5.41) is 3.42. The topological polar surface area (TPSA) is 57.2 Å². The highest BCUT2D eigenvalue weighted by atomic mass is 127. The lowest BCUT2D eigenvalue weighted by Gasteiger charge is -2.35. The van der Waals surface area contributed by atoms with E-state index < -0.39 is 0 Å². The molecule has 6 nitrogen and oxygen atoms in total. The van der Waals surface area contributed by atoms with Crippen LogP contribution in [0.3, 0.4) is 0 Å². The molecule has 1 heterocycles. The van der Waals surface area contributed by atoms with Gasteiger partial charge in [-0.25, -0.2) is 4.79 Å². The molecule has 0 atom stereocenters. The van der Waals surface area contributed by atoms with Gasteiger partial charge < -0.3 is 19.9 Å². The number of rotatable bonds is 4. The zero-order chi connectivity index (χ0) is 14.4. The van der Waals surface area contributed by atoms with Crippen molar-refractivity contribution in [3.05, 3.63) is 0 Å². The first-order valence-corrected chi connectivity index (χ1v) is 7.62. The lowest BCUT2D eigenvalue weighted by molar-refractivity contribution is 0.0914. The summed E-state index contributed by atoms with van der Waals surface area (Å²) in [7, 11) is 1.82. The quantitative estimate of drug-likeness (QED) is 0.436. The number of piperazine rings is 1. The van der Waals surface area contributed by atoms with E-state index in [0.29, 0.717) is 19.7 Å². The molecule has 7 heteroatoms. The zero-order valence-corrected chi connectivity index (χ0v) is 15.3. The van der Waals surface area contributed by atoms with Gasteiger partial charge in [0.05, 0.1) is 6.61 Å². The molecule has 1 saturated carbocycles. The van der Waals surface area contributed by atoms with Gasteiger partial charge in [-0.3, -0.25) is 4.99 Å². The van der Waals surface area contributed by atoms with Crippen LogP contribution in [0.1, 0.15) is 26.2 Å². The first-order chi connectivity index (χ1) is 9.74. The Balaban J connectivity index is 0.00000220. The summed E-state index contributed by atoms with van der Waals surface area (Å²) in [6, 6.07) is 0. The second-order valence-electron chi connectivity index (χ2n) is 5.38. The van der Waals surface area contributed by atoms with Gasteiger partial charge in [-0.15, -0.1) is 24.0 Å². The molecule has 0 bridgehead atoms. The van der Waals surface area contributed by atoms with Crippen LogP contribution in [0.25, 0.3) is 0 Å². The second kappa shape index (κ2) is 9.32. The maximum absolute atomic E-state index is 11.6. The summed E-state index contributed by atoms with van der Waals surface area (Å²) in [6.07, 6.45) is 3.81. The van der Waals surface area contributed by atoms with Gasteiger partial charge >= 0.3 is 6.09 Å². The minimum atomic E-state index is -0.205. The molecule has 1 N–H and O–H groups in total. The van der Waals surface area contributed by atoms with Crippen molar-refractivity contribution >= 4 is 36.0 Å². The van der Waals surface area contributed by atoms with E-state index in [1.165, 1.54) is 19.3 Å². The number of hydrogen-bond acceptors (Lipinski definition) is 3. The minimum absolute atomic E-state index is 0. The van der Waals surface area contributed by atoms with E-state index in [-0.39, 0.29) is 30.1 Å². The van der Waals surface area contributed by atoms with Crippen molar-refractivity contribution in [3.63, 3.8) is 0 Å². The van der Waals surface area contributed by atoms with Crippen LogP contribution in [0.2, 0.25) is 0 Å². The number of carbonyl (C=O) groups excluding carboxylic acids is 1. The van der Waals surface area contributed by atoms with Crippen LogP contribution in [0, 0.1) is 5.92 Å². The summed E-state index contributed by atoms with van der Waals surface area (Å²) < 4.78 is 5.02. The lowest BCUT2D eigenvalue weighted by Crippen LogP contribution is -2.54. The van der Waals surface area contributed by atoms with Crippen LogP contribution in [0.15, 0.2) is 4.99 Å². The zero-order valence-electron chi connectivity index (χ0n) is 13.0. The van der Waals surface area contributed by atoms with E-state index in [9.17, 15) is 4.79 Å². The fraction of sp³-hybridized carbons (Fsp3) is 0.857. The molecule has 0 aromatic carbocycles. The molecule has 0 radical (unpaired) electrons. The standard InChI is InChI=1S/C14H26N4O2.HI/c1-3-20-14(19)18-10-8-17(9-11-18)13(15-2)16-7-6-12-4-5-12;/h12H,3-11H2,1-2H3,(H,15,16);1H. The maximum atomic E-state index is 11.6. The number of aliphatic imine (C=N–C) groups is 1. The molecule has 1 aliphatic heterocycles. The van der Waals surface area contributed by atoms with Gasteiger partial charge in [0, 0.05) is 39.8 Å². The van der Waals surface area contributed by atoms with E-state index in [0.717, 1.165) is 31.5 Å². The van der Waals surface area contributed by atoms with Gasteiger partial charge in [-0.2, -0.15) is 0 Å². The third-order valence-electron chi connectivity index (χ3n) is 3.85. The summed E-state index contributed by atoms with van der Waals surface area (Å²) in [6.45, 7) is 6.27. The van der Waals surface area contributed by atoms with Crippen LogP contribution < -0.4 is 5.32 Å². The Hall–Kier alpha value is -0.730. The molecular weight excluding hydrogens is 383 g/mol. The summed E-state index contributed by atoms with van der Waals surface area (Å²) in [4.78, 5) is 19.9. The Kier molecular flexibility index (Phi) is 8.13. The molecule has 1 saturated heterocycles. The fourth-order valence-electron chi connectivity index (χ4n) is 2.44. The summed E-state index contributed by atoms with van der Waals surface area (Å²) in [5.41, 5.74) is 0. The first-order valence-electron chi connectivity index (χ1n) is 7.62. The number of halogens is 1. The molecule has 2 fully saturated rings. The Morgan fingerprint density at radius 1 is 1.24 bits per heavy atom. The Morgan fingerprint density at radius 2 is 1.86 bits per heavy atom. The minimum Gasteiger partial charge on any atom is -0.450 e. The third kappa shape index (κ3) is 5.88. The van der Waals surface area contributed by atoms with E-state index >= 15 is 0 Å². The summed E-state index contributed by atoms with van der Waals surface area (Å²) >= 11 is 0. The van der Waals surface area contributed by atoms with Crippen molar-refractivity contribution in [3.8, 4) is 0 Å². The van der Waals surface area contributed by atoms with Crippen molar-refractivity contribution in [2.45, 2.75) is 26.2 Å². The van der Waals surface area contributed by atoms with E-state index in [2.05, 4.69) is 15.2 Å². The Bertz CT molecular complexity index is 353. The average molecular weight is 410 g/mol. The van der Waals surface area contributed by atoms with E-state index in [1.807, 2.05) is 14.0 Å². The Morgan fingerprint density at radius 3 is 2.38 bits per heavy atom. The van der Waals surface area contributed by atoms with Gasteiger partial charge in [-0.1, -0.05) is 12.8 Å². The fourth-order valence-corrected chi connectivity index (χ4v) is 2.44. The van der Waals surface area contributed by atoms with Crippen LogP contribution in [-0.2, 0) is 4.74 Å². The highest BCUT2D eigenvalue weighted by Gasteiger charge is 2.24. The molecule has 0 aromatic rings. The normalized spacial score (nSPS) is 19.0. The molecule has 2 aliphatic rings. The average Bonchev–Trinajstić information content (AvgIpc) is 3.28. The number of hydrogen-bond donors (Lipinski definition) is 1. The number of nitrogens with one attached hydrogen (secondary N) is 1. The molecule has 0 unspecified atom stereocenters. The van der Waals surface area contributed by atoms with E-state index in [4.69, 9.17) is 4.74 Å². The molecule has 2 rings (SSSR count). The van der Waals surface area contributed by atoms with Gasteiger partial charge in [0.25, 0.3) is 0 Å².